The van der Waals surface area contributed by atoms with E-state index in [4.69, 9.17) is 9.47 Å². The predicted octanol–water partition coefficient (Wildman–Crippen LogP) is 5.08. The third-order valence-corrected chi connectivity index (χ3v) is 5.19. The highest BCUT2D eigenvalue weighted by Crippen LogP contribution is 2.24. The van der Waals surface area contributed by atoms with E-state index in [1.807, 2.05) is 57.2 Å². The number of hydrogen-bond acceptors (Lipinski definition) is 4. The van der Waals surface area contributed by atoms with Crippen LogP contribution < -0.4 is 20.5 Å². The molecule has 160 valence electrons. The van der Waals surface area contributed by atoms with Gasteiger partial charge in [0.05, 0.1) is 25.0 Å². The molecule has 0 atom stereocenters. The molecule has 2 aromatic rings. The number of halogens is 1. The lowest BCUT2D eigenvalue weighted by Crippen LogP contribution is -2.33. The lowest BCUT2D eigenvalue weighted by molar-refractivity contribution is -0.138. The molecule has 30 heavy (non-hydrogen) atoms. The van der Waals surface area contributed by atoms with Crippen molar-refractivity contribution in [1.82, 2.24) is 0 Å². The minimum Gasteiger partial charge on any atom is -0.496 e. The Hall–Kier alpha value is -2.53. The summed E-state index contributed by atoms with van der Waals surface area (Å²) < 4.78 is 12.0. The lowest BCUT2D eigenvalue weighted by Gasteiger charge is -2.17. The molecule has 2 aromatic carbocycles. The lowest BCUT2D eigenvalue weighted by atomic mass is 10.0. The summed E-state index contributed by atoms with van der Waals surface area (Å²) in [5.74, 6) is 0.411. The van der Waals surface area contributed by atoms with E-state index in [2.05, 4.69) is 34.2 Å². The van der Waals surface area contributed by atoms with E-state index in [1.54, 1.807) is 13.2 Å². The molecule has 0 radical (unpaired) electrons. The number of methoxy groups -OCH3 is 1. The Labute approximate surface area is 187 Å². The normalized spacial score (nSPS) is 13.1. The highest BCUT2D eigenvalue weighted by Gasteiger charge is 2.18. The molecule has 0 saturated heterocycles. The molecule has 0 fully saturated rings. The van der Waals surface area contributed by atoms with Gasteiger partial charge >= 0.3 is 5.97 Å². The summed E-state index contributed by atoms with van der Waals surface area (Å²) in [7, 11) is 1.66. The summed E-state index contributed by atoms with van der Waals surface area (Å²) >= 11 is 3.51. The zero-order valence-electron chi connectivity index (χ0n) is 18.3. The maximum absolute atomic E-state index is 12.8. The first-order valence-corrected chi connectivity index (χ1v) is 11.0. The van der Waals surface area contributed by atoms with Crippen molar-refractivity contribution in [1.29, 1.82) is 0 Å². The number of aryl methyl sites for hydroxylation is 1. The molecule has 0 aliphatic heterocycles. The molecular formula is C25H30BrNO3. The van der Waals surface area contributed by atoms with E-state index in [0.29, 0.717) is 17.9 Å². The van der Waals surface area contributed by atoms with E-state index in [-0.39, 0.29) is 5.97 Å². The van der Waals surface area contributed by atoms with Crippen molar-refractivity contribution in [2.24, 2.45) is 0 Å². The van der Waals surface area contributed by atoms with Gasteiger partial charge in [-0.05, 0) is 57.0 Å². The molecule has 0 bridgehead atoms. The number of carbonyl (C=O) groups excluding carboxylic acids is 1. The van der Waals surface area contributed by atoms with Crippen molar-refractivity contribution >= 4 is 39.4 Å². The quantitative estimate of drug-likeness (QED) is 0.430. The zero-order valence-corrected chi connectivity index (χ0v) is 19.9. The average molecular weight is 472 g/mol. The minimum atomic E-state index is -0.360. The number of rotatable bonds is 8. The SMILES string of the molecule is C\C=C(C(=O)OCC)/C(Nc1ccc(Br)cc1C)=c1/cccc(OC)/c1=C\CCC. The van der Waals surface area contributed by atoms with Crippen LogP contribution in [0, 0.1) is 6.92 Å². The first kappa shape index (κ1) is 23.7. The Morgan fingerprint density at radius 3 is 2.57 bits per heavy atom. The van der Waals surface area contributed by atoms with Gasteiger partial charge in [0.2, 0.25) is 0 Å². The van der Waals surface area contributed by atoms with Crippen LogP contribution in [0.1, 0.15) is 39.2 Å². The second kappa shape index (κ2) is 11.6. The molecule has 2 rings (SSSR count). The van der Waals surface area contributed by atoms with E-state index in [9.17, 15) is 4.79 Å². The van der Waals surface area contributed by atoms with Crippen LogP contribution in [0.15, 0.2) is 52.5 Å². The van der Waals surface area contributed by atoms with Crippen molar-refractivity contribution in [3.63, 3.8) is 0 Å². The Bertz CT molecular complexity index is 1040. The molecule has 0 aromatic heterocycles. The Morgan fingerprint density at radius 1 is 1.20 bits per heavy atom. The van der Waals surface area contributed by atoms with Gasteiger partial charge < -0.3 is 14.8 Å². The van der Waals surface area contributed by atoms with Crippen LogP contribution in [0.2, 0.25) is 0 Å². The Kier molecular flexibility index (Phi) is 9.18. The van der Waals surface area contributed by atoms with E-state index < -0.39 is 0 Å². The predicted molar refractivity (Wildman–Crippen MR) is 128 cm³/mol. The van der Waals surface area contributed by atoms with Gasteiger partial charge in [0.15, 0.2) is 0 Å². The summed E-state index contributed by atoms with van der Waals surface area (Å²) in [6.45, 7) is 8.13. The van der Waals surface area contributed by atoms with Crippen LogP contribution >= 0.6 is 15.9 Å². The minimum absolute atomic E-state index is 0.313. The molecule has 0 aliphatic rings. The van der Waals surface area contributed by atoms with Crippen molar-refractivity contribution < 1.29 is 14.3 Å². The summed E-state index contributed by atoms with van der Waals surface area (Å²) in [5.41, 5.74) is 3.16. The fourth-order valence-corrected chi connectivity index (χ4v) is 3.67. The smallest absolute Gasteiger partial charge is 0.339 e. The molecule has 0 heterocycles. The van der Waals surface area contributed by atoms with Crippen LogP contribution in [0.5, 0.6) is 5.75 Å². The van der Waals surface area contributed by atoms with Gasteiger partial charge in [-0.25, -0.2) is 4.79 Å². The summed E-state index contributed by atoms with van der Waals surface area (Å²) in [6.07, 6.45) is 5.86. The number of esters is 1. The van der Waals surface area contributed by atoms with Crippen LogP contribution in [0.3, 0.4) is 0 Å². The van der Waals surface area contributed by atoms with Crippen molar-refractivity contribution in [3.05, 3.63) is 68.5 Å². The Balaban J connectivity index is 2.87. The first-order chi connectivity index (χ1) is 14.5. The third-order valence-electron chi connectivity index (χ3n) is 4.69. The second-order valence-corrected chi connectivity index (χ2v) is 7.71. The number of hydrogen-bond donors (Lipinski definition) is 1. The van der Waals surface area contributed by atoms with E-state index in [0.717, 1.165) is 44.8 Å². The number of ether oxygens (including phenoxy) is 2. The van der Waals surface area contributed by atoms with Gasteiger partial charge in [0.1, 0.15) is 5.75 Å². The van der Waals surface area contributed by atoms with E-state index >= 15 is 0 Å². The van der Waals surface area contributed by atoms with Crippen molar-refractivity contribution in [2.45, 2.75) is 40.5 Å². The molecule has 4 nitrogen and oxygen atoms in total. The van der Waals surface area contributed by atoms with Crippen LogP contribution in [-0.4, -0.2) is 19.7 Å². The zero-order chi connectivity index (χ0) is 22.1. The van der Waals surface area contributed by atoms with Gasteiger partial charge in [0, 0.05) is 20.6 Å². The third kappa shape index (κ3) is 5.76. The number of anilines is 1. The highest BCUT2D eigenvalue weighted by atomic mass is 79.9. The summed E-state index contributed by atoms with van der Waals surface area (Å²) in [5, 5.41) is 5.36. The number of nitrogens with one attached hydrogen (secondary N) is 1. The van der Waals surface area contributed by atoms with Crippen molar-refractivity contribution in [2.75, 3.05) is 19.0 Å². The fraction of sp³-hybridized carbons (Fsp3) is 0.320. The van der Waals surface area contributed by atoms with Gasteiger partial charge in [-0.15, -0.1) is 0 Å². The molecule has 0 aliphatic carbocycles. The largest absolute Gasteiger partial charge is 0.496 e. The summed E-state index contributed by atoms with van der Waals surface area (Å²) in [4.78, 5) is 12.8. The number of benzene rings is 2. The summed E-state index contributed by atoms with van der Waals surface area (Å²) in [6, 6.07) is 11.9. The van der Waals surface area contributed by atoms with E-state index in [1.165, 1.54) is 0 Å². The second-order valence-electron chi connectivity index (χ2n) is 6.80. The van der Waals surface area contributed by atoms with Crippen LogP contribution in [0.4, 0.5) is 5.69 Å². The standard InChI is InChI=1S/C25H30BrNO3/c1-6-9-11-20-21(12-10-13-23(20)29-5)24(19(7-2)25(28)30-8-3)27-22-15-14-18(26)16-17(22)4/h7,10-16,27H,6,8-9H2,1-5H3/b19-7+,20-11-,24-21+. The topological polar surface area (TPSA) is 47.6 Å². The fourth-order valence-electron chi connectivity index (χ4n) is 3.19. The maximum atomic E-state index is 12.8. The van der Waals surface area contributed by atoms with Gasteiger partial charge in [-0.2, -0.15) is 0 Å². The molecule has 0 spiro atoms. The number of unbranched alkanes of at least 4 members (excludes halogenated alkanes) is 1. The van der Waals surface area contributed by atoms with Gasteiger partial charge in [-0.1, -0.05) is 53.6 Å². The number of allylic oxidation sites excluding steroid dienone is 1. The van der Waals surface area contributed by atoms with Crippen LogP contribution in [-0.2, 0) is 9.53 Å². The van der Waals surface area contributed by atoms with Crippen LogP contribution in [0.25, 0.3) is 11.8 Å². The molecule has 5 heteroatoms. The van der Waals surface area contributed by atoms with Crippen molar-refractivity contribution in [3.8, 4) is 5.75 Å². The highest BCUT2D eigenvalue weighted by molar-refractivity contribution is 9.10. The molecule has 0 amide bonds. The monoisotopic (exact) mass is 471 g/mol. The first-order valence-electron chi connectivity index (χ1n) is 10.2. The molecule has 0 unspecified atom stereocenters. The number of carbonyl (C=O) groups is 1. The molecular weight excluding hydrogens is 442 g/mol. The van der Waals surface area contributed by atoms with Gasteiger partial charge in [-0.3, -0.25) is 0 Å². The Morgan fingerprint density at radius 2 is 1.97 bits per heavy atom. The molecule has 0 saturated carbocycles. The maximum Gasteiger partial charge on any atom is 0.339 e. The molecule has 1 N–H and O–H groups in total. The average Bonchev–Trinajstić information content (AvgIpc) is 2.73. The van der Waals surface area contributed by atoms with Gasteiger partial charge in [0.25, 0.3) is 0 Å².